The minimum Gasteiger partial charge on any atom is -0.382 e. The van der Waals surface area contributed by atoms with E-state index < -0.39 is 12.0 Å². The third-order valence-corrected chi connectivity index (χ3v) is 2.94. The van der Waals surface area contributed by atoms with E-state index in [-0.39, 0.29) is 6.54 Å². The predicted octanol–water partition coefficient (Wildman–Crippen LogP) is -0.00768. The van der Waals surface area contributed by atoms with Gasteiger partial charge in [0, 0.05) is 18.0 Å². The Balaban J connectivity index is 2.29. The fourth-order valence-electron chi connectivity index (χ4n) is 1.01. The second-order valence-electron chi connectivity index (χ2n) is 3.08. The molecule has 4 nitrogen and oxygen atoms in total. The summed E-state index contributed by atoms with van der Waals surface area (Å²) in [5.74, 6) is -0.694. The molecule has 14 heavy (non-hydrogen) atoms. The van der Waals surface area contributed by atoms with E-state index in [1.807, 2.05) is 18.4 Å². The summed E-state index contributed by atoms with van der Waals surface area (Å²) in [6, 6.07) is 2.03. The first-order valence-corrected chi connectivity index (χ1v) is 5.20. The molecule has 0 aliphatic rings. The SMILES string of the molecule is Cc1ccsc1CNCC(O)C(N)=O. The van der Waals surface area contributed by atoms with E-state index in [1.165, 1.54) is 10.4 Å². The topological polar surface area (TPSA) is 75.3 Å². The summed E-state index contributed by atoms with van der Waals surface area (Å²) < 4.78 is 0. The van der Waals surface area contributed by atoms with Crippen molar-refractivity contribution in [3.8, 4) is 0 Å². The van der Waals surface area contributed by atoms with Crippen LogP contribution in [0.5, 0.6) is 0 Å². The van der Waals surface area contributed by atoms with Crippen molar-refractivity contribution < 1.29 is 9.90 Å². The number of aliphatic hydroxyl groups is 1. The average molecular weight is 214 g/mol. The van der Waals surface area contributed by atoms with E-state index in [0.717, 1.165) is 0 Å². The van der Waals surface area contributed by atoms with Crippen LogP contribution in [0.1, 0.15) is 10.4 Å². The van der Waals surface area contributed by atoms with E-state index in [0.29, 0.717) is 6.54 Å². The van der Waals surface area contributed by atoms with Gasteiger partial charge in [0.25, 0.3) is 0 Å². The van der Waals surface area contributed by atoms with Gasteiger partial charge >= 0.3 is 0 Å². The largest absolute Gasteiger partial charge is 0.382 e. The number of hydrogen-bond acceptors (Lipinski definition) is 4. The summed E-state index contributed by atoms with van der Waals surface area (Å²) in [6.45, 7) is 2.89. The maximum Gasteiger partial charge on any atom is 0.247 e. The van der Waals surface area contributed by atoms with Crippen molar-refractivity contribution in [2.24, 2.45) is 5.73 Å². The number of aryl methyl sites for hydroxylation is 1. The molecule has 4 N–H and O–H groups in total. The van der Waals surface area contributed by atoms with Crippen LogP contribution in [-0.4, -0.2) is 23.7 Å². The molecule has 0 aliphatic heterocycles. The number of rotatable bonds is 5. The highest BCUT2D eigenvalue weighted by atomic mass is 32.1. The van der Waals surface area contributed by atoms with Gasteiger partial charge in [-0.15, -0.1) is 11.3 Å². The highest BCUT2D eigenvalue weighted by Gasteiger charge is 2.09. The Bertz CT molecular complexity index is 312. The number of hydrogen-bond donors (Lipinski definition) is 3. The molecule has 78 valence electrons. The summed E-state index contributed by atoms with van der Waals surface area (Å²) >= 11 is 1.65. The van der Waals surface area contributed by atoms with Crippen LogP contribution < -0.4 is 11.1 Å². The maximum absolute atomic E-state index is 10.5. The van der Waals surface area contributed by atoms with E-state index >= 15 is 0 Å². The molecule has 1 rings (SSSR count). The molecule has 5 heteroatoms. The van der Waals surface area contributed by atoms with Gasteiger partial charge in [-0.3, -0.25) is 4.79 Å². The van der Waals surface area contributed by atoms with Crippen LogP contribution in [0.3, 0.4) is 0 Å². The van der Waals surface area contributed by atoms with E-state index in [9.17, 15) is 4.79 Å². The number of carbonyl (C=O) groups excluding carboxylic acids is 1. The molecule has 0 saturated carbocycles. The Morgan fingerprint density at radius 3 is 3.00 bits per heavy atom. The molecule has 0 fully saturated rings. The second-order valence-corrected chi connectivity index (χ2v) is 4.08. The number of carbonyl (C=O) groups is 1. The lowest BCUT2D eigenvalue weighted by Gasteiger charge is -2.07. The van der Waals surface area contributed by atoms with Crippen molar-refractivity contribution in [3.05, 3.63) is 21.9 Å². The zero-order chi connectivity index (χ0) is 10.6. The normalized spacial score (nSPS) is 12.7. The van der Waals surface area contributed by atoms with E-state index in [2.05, 4.69) is 5.32 Å². The van der Waals surface area contributed by atoms with Gasteiger partial charge < -0.3 is 16.2 Å². The Labute approximate surface area is 86.7 Å². The lowest BCUT2D eigenvalue weighted by molar-refractivity contribution is -0.125. The summed E-state index contributed by atoms with van der Waals surface area (Å²) in [7, 11) is 0. The first-order chi connectivity index (χ1) is 6.61. The Hall–Kier alpha value is -0.910. The number of amides is 1. The predicted molar refractivity (Wildman–Crippen MR) is 56.0 cm³/mol. The standard InChI is InChI=1S/C9H14N2O2S/c1-6-2-3-14-8(6)5-11-4-7(12)9(10)13/h2-3,7,11-12H,4-5H2,1H3,(H2,10,13). The summed E-state index contributed by atoms with van der Waals surface area (Å²) in [5, 5.41) is 14.1. The smallest absolute Gasteiger partial charge is 0.247 e. The molecule has 0 saturated heterocycles. The molecule has 1 aromatic rings. The van der Waals surface area contributed by atoms with Gasteiger partial charge in [-0.2, -0.15) is 0 Å². The Morgan fingerprint density at radius 1 is 1.79 bits per heavy atom. The van der Waals surface area contributed by atoms with Gasteiger partial charge in [0.2, 0.25) is 5.91 Å². The van der Waals surface area contributed by atoms with Gasteiger partial charge in [-0.25, -0.2) is 0 Å². The van der Waals surface area contributed by atoms with Crippen LogP contribution in [0, 0.1) is 6.92 Å². The maximum atomic E-state index is 10.5. The molecule has 0 radical (unpaired) electrons. The van der Waals surface area contributed by atoms with E-state index in [1.54, 1.807) is 11.3 Å². The van der Waals surface area contributed by atoms with Crippen molar-refractivity contribution in [2.45, 2.75) is 19.6 Å². The Morgan fingerprint density at radius 2 is 2.50 bits per heavy atom. The molecular formula is C9H14N2O2S. The third kappa shape index (κ3) is 3.10. The van der Waals surface area contributed by atoms with Crippen molar-refractivity contribution in [2.75, 3.05) is 6.54 Å². The van der Waals surface area contributed by atoms with Crippen molar-refractivity contribution in [1.29, 1.82) is 0 Å². The summed E-state index contributed by atoms with van der Waals surface area (Å²) in [4.78, 5) is 11.7. The fraction of sp³-hybridized carbons (Fsp3) is 0.444. The van der Waals surface area contributed by atoms with Crippen molar-refractivity contribution in [1.82, 2.24) is 5.32 Å². The minimum atomic E-state index is -1.10. The van der Waals surface area contributed by atoms with Gasteiger partial charge in [0.1, 0.15) is 6.10 Å². The molecule has 0 aliphatic carbocycles. The zero-order valence-corrected chi connectivity index (χ0v) is 8.80. The lowest BCUT2D eigenvalue weighted by Crippen LogP contribution is -2.37. The number of nitrogens with one attached hydrogen (secondary N) is 1. The molecule has 0 spiro atoms. The molecule has 1 atom stereocenters. The molecule has 1 heterocycles. The average Bonchev–Trinajstić information content (AvgIpc) is 2.51. The highest BCUT2D eigenvalue weighted by Crippen LogP contribution is 2.14. The summed E-state index contributed by atoms with van der Waals surface area (Å²) in [6.07, 6.45) is -1.10. The number of thiophene rings is 1. The quantitative estimate of drug-likeness (QED) is 0.645. The molecule has 1 unspecified atom stereocenters. The van der Waals surface area contributed by atoms with Crippen LogP contribution >= 0.6 is 11.3 Å². The van der Waals surface area contributed by atoms with Crippen LogP contribution in [-0.2, 0) is 11.3 Å². The number of aliphatic hydroxyl groups excluding tert-OH is 1. The Kier molecular flexibility index (Phi) is 4.06. The number of nitrogens with two attached hydrogens (primary N) is 1. The minimum absolute atomic E-state index is 0.201. The first kappa shape index (κ1) is 11.2. The van der Waals surface area contributed by atoms with Gasteiger partial charge in [-0.1, -0.05) is 0 Å². The molecule has 1 aromatic heterocycles. The monoisotopic (exact) mass is 214 g/mol. The number of primary amides is 1. The lowest BCUT2D eigenvalue weighted by atomic mass is 10.3. The van der Waals surface area contributed by atoms with Gasteiger partial charge in [0.15, 0.2) is 0 Å². The molecule has 0 aromatic carbocycles. The van der Waals surface area contributed by atoms with Crippen molar-refractivity contribution in [3.63, 3.8) is 0 Å². The van der Waals surface area contributed by atoms with Crippen LogP contribution in [0.25, 0.3) is 0 Å². The third-order valence-electron chi connectivity index (χ3n) is 1.92. The van der Waals surface area contributed by atoms with Crippen LogP contribution in [0.4, 0.5) is 0 Å². The highest BCUT2D eigenvalue weighted by molar-refractivity contribution is 7.10. The van der Waals surface area contributed by atoms with Crippen LogP contribution in [0.2, 0.25) is 0 Å². The molecular weight excluding hydrogens is 200 g/mol. The summed E-state index contributed by atoms with van der Waals surface area (Å²) in [5.41, 5.74) is 6.12. The van der Waals surface area contributed by atoms with Crippen molar-refractivity contribution >= 4 is 17.2 Å². The molecule has 0 bridgehead atoms. The fourth-order valence-corrected chi connectivity index (χ4v) is 1.88. The van der Waals surface area contributed by atoms with Gasteiger partial charge in [-0.05, 0) is 23.9 Å². The second kappa shape index (κ2) is 5.09. The molecule has 1 amide bonds. The first-order valence-electron chi connectivity index (χ1n) is 4.32. The van der Waals surface area contributed by atoms with Gasteiger partial charge in [0.05, 0.1) is 0 Å². The van der Waals surface area contributed by atoms with Crippen LogP contribution in [0.15, 0.2) is 11.4 Å². The van der Waals surface area contributed by atoms with E-state index in [4.69, 9.17) is 10.8 Å². The zero-order valence-electron chi connectivity index (χ0n) is 7.99.